The number of amides is 1. The summed E-state index contributed by atoms with van der Waals surface area (Å²) in [4.78, 5) is 30.6. The SMILES string of the molecule is CCCCCSc1n[n+]2c(c(=O)[nH]1)-c1ccccc1N(C(C)=O)[C@@H]2/C=C/c1ccccc1. The van der Waals surface area contributed by atoms with Gasteiger partial charge >= 0.3 is 11.3 Å². The number of nitrogens with one attached hydrogen (secondary N) is 1. The number of H-pyrrole nitrogens is 1. The maximum Gasteiger partial charge on any atom is 0.325 e. The van der Waals surface area contributed by atoms with Gasteiger partial charge < -0.3 is 0 Å². The van der Waals surface area contributed by atoms with Gasteiger partial charge in [0.15, 0.2) is 0 Å². The average Bonchev–Trinajstić information content (AvgIpc) is 2.80. The van der Waals surface area contributed by atoms with Crippen LogP contribution in [-0.2, 0) is 4.79 Å². The third kappa shape index (κ3) is 4.53. The van der Waals surface area contributed by atoms with Crippen molar-refractivity contribution in [3.63, 3.8) is 0 Å². The molecule has 3 aromatic rings. The topological polar surface area (TPSA) is 69.9 Å². The Kier molecular flexibility index (Phi) is 6.85. The molecule has 164 valence electrons. The van der Waals surface area contributed by atoms with Crippen molar-refractivity contribution in [1.29, 1.82) is 0 Å². The van der Waals surface area contributed by atoms with Crippen molar-refractivity contribution in [3.8, 4) is 11.3 Å². The highest BCUT2D eigenvalue weighted by molar-refractivity contribution is 7.99. The van der Waals surface area contributed by atoms with Gasteiger partial charge in [-0.1, -0.05) is 80.1 Å². The van der Waals surface area contributed by atoms with Crippen LogP contribution < -0.4 is 15.1 Å². The lowest BCUT2D eigenvalue weighted by atomic mass is 10.0. The number of fused-ring (bicyclic) bond motifs is 3. The number of anilines is 1. The Morgan fingerprint density at radius 2 is 1.91 bits per heavy atom. The van der Waals surface area contributed by atoms with E-state index in [1.807, 2.05) is 66.7 Å². The molecule has 4 rings (SSSR count). The van der Waals surface area contributed by atoms with Gasteiger partial charge in [0.05, 0.1) is 11.3 Å². The Labute approximate surface area is 192 Å². The molecule has 0 spiro atoms. The van der Waals surface area contributed by atoms with Crippen LogP contribution >= 0.6 is 11.8 Å². The summed E-state index contributed by atoms with van der Waals surface area (Å²) in [5, 5.41) is 5.34. The quantitative estimate of drug-likeness (QED) is 0.327. The van der Waals surface area contributed by atoms with Crippen LogP contribution in [0.25, 0.3) is 17.3 Å². The molecule has 1 atom stereocenters. The molecule has 2 aromatic carbocycles. The number of unbranched alkanes of at least 4 members (excludes halogenated alkanes) is 2. The number of rotatable bonds is 7. The normalized spacial score (nSPS) is 14.9. The van der Waals surface area contributed by atoms with Crippen LogP contribution in [0.3, 0.4) is 0 Å². The molecule has 1 aromatic heterocycles. The Morgan fingerprint density at radius 3 is 2.66 bits per heavy atom. The van der Waals surface area contributed by atoms with E-state index in [1.54, 1.807) is 16.5 Å². The maximum atomic E-state index is 13.2. The maximum absolute atomic E-state index is 13.2. The smallest absolute Gasteiger partial charge is 0.291 e. The number of aromatic amines is 1. The number of hydrogen-bond acceptors (Lipinski definition) is 4. The minimum absolute atomic E-state index is 0.113. The average molecular weight is 448 g/mol. The molecule has 0 unspecified atom stereocenters. The van der Waals surface area contributed by atoms with Gasteiger partial charge in [0.25, 0.3) is 6.17 Å². The zero-order valence-corrected chi connectivity index (χ0v) is 19.1. The number of para-hydroxylation sites is 1. The molecule has 1 aliphatic heterocycles. The number of thioether (sulfide) groups is 1. The highest BCUT2D eigenvalue weighted by Gasteiger charge is 2.42. The van der Waals surface area contributed by atoms with Crippen molar-refractivity contribution in [2.24, 2.45) is 0 Å². The third-order valence-corrected chi connectivity index (χ3v) is 6.33. The number of benzene rings is 2. The zero-order chi connectivity index (χ0) is 22.5. The lowest BCUT2D eigenvalue weighted by Gasteiger charge is -2.29. The lowest BCUT2D eigenvalue weighted by Crippen LogP contribution is -2.59. The van der Waals surface area contributed by atoms with E-state index in [2.05, 4.69) is 11.9 Å². The first kappa shape index (κ1) is 22.0. The largest absolute Gasteiger partial charge is 0.325 e. The van der Waals surface area contributed by atoms with Gasteiger partial charge in [-0.15, -0.1) is 0 Å². The summed E-state index contributed by atoms with van der Waals surface area (Å²) in [6.45, 7) is 3.70. The zero-order valence-electron chi connectivity index (χ0n) is 18.3. The van der Waals surface area contributed by atoms with Gasteiger partial charge in [0, 0.05) is 23.9 Å². The van der Waals surface area contributed by atoms with Crippen molar-refractivity contribution in [3.05, 3.63) is 76.6 Å². The van der Waals surface area contributed by atoms with Gasteiger partial charge in [-0.3, -0.25) is 14.6 Å². The van der Waals surface area contributed by atoms with Crippen LogP contribution in [0.5, 0.6) is 0 Å². The van der Waals surface area contributed by atoms with Crippen molar-refractivity contribution in [1.82, 2.24) is 10.1 Å². The highest BCUT2D eigenvalue weighted by atomic mass is 32.2. The number of hydrogen-bond donors (Lipinski definition) is 1. The summed E-state index contributed by atoms with van der Waals surface area (Å²) in [7, 11) is 0. The predicted octanol–water partition coefficient (Wildman–Crippen LogP) is 4.59. The van der Waals surface area contributed by atoms with Crippen LogP contribution in [0.4, 0.5) is 5.69 Å². The number of nitrogens with zero attached hydrogens (tertiary/aromatic N) is 3. The molecule has 0 fully saturated rings. The third-order valence-electron chi connectivity index (χ3n) is 5.38. The van der Waals surface area contributed by atoms with Gasteiger partial charge in [0.1, 0.15) is 0 Å². The van der Waals surface area contributed by atoms with Crippen molar-refractivity contribution >= 4 is 29.4 Å². The van der Waals surface area contributed by atoms with Crippen LogP contribution in [0, 0.1) is 0 Å². The van der Waals surface area contributed by atoms with Crippen LogP contribution in [0.2, 0.25) is 0 Å². The molecule has 32 heavy (non-hydrogen) atoms. The van der Waals surface area contributed by atoms with E-state index in [0.717, 1.165) is 30.6 Å². The Balaban J connectivity index is 1.83. The fourth-order valence-corrected chi connectivity index (χ4v) is 4.73. The van der Waals surface area contributed by atoms with Gasteiger partial charge in [-0.05, 0) is 28.8 Å². The standard InChI is InChI=1S/C25H26N4O2S/c1-3-4-10-17-32-25-26-24(31)23-20-13-8-9-14-21(20)28(18(2)30)22(29(23)27-25)16-15-19-11-6-5-7-12-19/h5-9,11-16,22H,3-4,10,17H2,1-2H3/p+1/b16-15+/t22-/m0/s1. The first-order valence-corrected chi connectivity index (χ1v) is 11.9. The molecule has 0 aliphatic carbocycles. The van der Waals surface area contributed by atoms with Crippen molar-refractivity contribution in [2.75, 3.05) is 10.7 Å². The predicted molar refractivity (Wildman–Crippen MR) is 128 cm³/mol. The molecule has 7 heteroatoms. The summed E-state index contributed by atoms with van der Waals surface area (Å²) in [6.07, 6.45) is 6.68. The number of aromatic nitrogens is 3. The number of carbonyl (C=O) groups is 1. The van der Waals surface area contributed by atoms with E-state index in [0.29, 0.717) is 22.1 Å². The van der Waals surface area contributed by atoms with E-state index in [-0.39, 0.29) is 11.5 Å². The highest BCUT2D eigenvalue weighted by Crippen LogP contribution is 2.35. The van der Waals surface area contributed by atoms with E-state index in [9.17, 15) is 9.59 Å². The molecule has 0 saturated carbocycles. The second-order valence-corrected chi connectivity index (χ2v) is 8.78. The fourth-order valence-electron chi connectivity index (χ4n) is 3.88. The molecule has 2 heterocycles. The van der Waals surface area contributed by atoms with Crippen molar-refractivity contribution in [2.45, 2.75) is 44.4 Å². The van der Waals surface area contributed by atoms with Gasteiger partial charge in [-0.25, -0.2) is 4.90 Å². The van der Waals surface area contributed by atoms with Crippen LogP contribution in [-0.4, -0.2) is 21.7 Å². The van der Waals surface area contributed by atoms with Crippen LogP contribution in [0.1, 0.15) is 44.8 Å². The molecule has 0 bridgehead atoms. The second kappa shape index (κ2) is 9.96. The minimum atomic E-state index is -0.546. The summed E-state index contributed by atoms with van der Waals surface area (Å²) >= 11 is 1.54. The van der Waals surface area contributed by atoms with Gasteiger partial charge in [0.2, 0.25) is 11.1 Å². The molecule has 1 amide bonds. The van der Waals surface area contributed by atoms with Crippen LogP contribution in [0.15, 0.2) is 70.6 Å². The van der Waals surface area contributed by atoms with E-state index >= 15 is 0 Å². The van der Waals surface area contributed by atoms with Gasteiger partial charge in [-0.2, -0.15) is 0 Å². The lowest BCUT2D eigenvalue weighted by molar-refractivity contribution is -0.761. The molecule has 0 radical (unpaired) electrons. The molecule has 0 saturated heterocycles. The summed E-state index contributed by atoms with van der Waals surface area (Å²) in [5.41, 5.74) is 2.67. The van der Waals surface area contributed by atoms with E-state index in [4.69, 9.17) is 5.10 Å². The summed E-state index contributed by atoms with van der Waals surface area (Å²) in [6, 6.07) is 17.4. The van der Waals surface area contributed by atoms with E-state index in [1.165, 1.54) is 11.8 Å². The van der Waals surface area contributed by atoms with E-state index < -0.39 is 6.17 Å². The molecule has 6 nitrogen and oxygen atoms in total. The fraction of sp³-hybridized carbons (Fsp3) is 0.280. The monoisotopic (exact) mass is 447 g/mol. The second-order valence-electron chi connectivity index (χ2n) is 7.70. The Morgan fingerprint density at radius 1 is 1.16 bits per heavy atom. The van der Waals surface area contributed by atoms with Crippen molar-refractivity contribution < 1.29 is 9.48 Å². The summed E-state index contributed by atoms with van der Waals surface area (Å²) in [5.74, 6) is 0.769. The summed E-state index contributed by atoms with van der Waals surface area (Å²) < 4.78 is 1.68. The first-order chi connectivity index (χ1) is 15.6. The molecular formula is C25H27N4O2S+. The first-order valence-electron chi connectivity index (χ1n) is 10.9. The number of carbonyl (C=O) groups excluding carboxylic acids is 1. The Bertz CT molecular complexity index is 1190. The Hall–Kier alpha value is -3.19. The molecular weight excluding hydrogens is 420 g/mol. The molecule has 1 aliphatic rings. The minimum Gasteiger partial charge on any atom is -0.291 e. The molecule has 1 N–H and O–H groups in total.